The second-order valence-electron chi connectivity index (χ2n) is 9.89. The highest BCUT2D eigenvalue weighted by molar-refractivity contribution is 6.08. The Kier molecular flexibility index (Phi) is 12.9. The lowest BCUT2D eigenvalue weighted by atomic mass is 10.0. The van der Waals surface area contributed by atoms with E-state index in [0.29, 0.717) is 0 Å². The molecule has 12 nitrogen and oxygen atoms in total. The summed E-state index contributed by atoms with van der Waals surface area (Å²) in [6.07, 6.45) is -9.48. The van der Waals surface area contributed by atoms with Crippen molar-refractivity contribution in [3.05, 3.63) is 71.3 Å². The Morgan fingerprint density at radius 3 is 1.19 bits per heavy atom. The molecule has 6 unspecified atom stereocenters. The smallest absolute Gasteiger partial charge is 0.339 e. The number of carbonyl (C=O) groups excluding carboxylic acids is 6. The minimum absolute atomic E-state index is 0.000575. The van der Waals surface area contributed by atoms with Gasteiger partial charge in [0.1, 0.15) is 0 Å². The molecule has 0 amide bonds. The molecule has 1 rings (SSSR count). The summed E-state index contributed by atoms with van der Waals surface area (Å²) < 4.78 is 15.5. The topological polar surface area (TPSA) is 191 Å². The number of Topliss-reactive ketones (excluding diaryl/α,β-unsaturated/α-hetero) is 3. The van der Waals surface area contributed by atoms with Gasteiger partial charge in [-0.3, -0.25) is 14.4 Å². The summed E-state index contributed by atoms with van der Waals surface area (Å²) in [5.74, 6) is -6.22. The van der Waals surface area contributed by atoms with Crippen LogP contribution in [0.4, 0.5) is 0 Å². The van der Waals surface area contributed by atoms with Gasteiger partial charge in [-0.1, -0.05) is 19.7 Å². The first-order chi connectivity index (χ1) is 19.3. The van der Waals surface area contributed by atoms with Crippen LogP contribution in [0.15, 0.2) is 54.7 Å². The molecule has 0 bridgehead atoms. The molecule has 0 fully saturated rings. The van der Waals surface area contributed by atoms with Crippen LogP contribution in [0, 0.1) is 0 Å². The van der Waals surface area contributed by atoms with E-state index in [9.17, 15) is 44.1 Å². The van der Waals surface area contributed by atoms with Crippen molar-refractivity contribution in [3.8, 4) is 0 Å². The van der Waals surface area contributed by atoms with Crippen LogP contribution in [0.2, 0.25) is 0 Å². The van der Waals surface area contributed by atoms with E-state index in [1.807, 2.05) is 0 Å². The maximum absolute atomic E-state index is 13.3. The van der Waals surface area contributed by atoms with Crippen LogP contribution in [0.25, 0.3) is 0 Å². The Morgan fingerprint density at radius 1 is 0.571 bits per heavy atom. The molecular weight excluding hydrogens is 552 g/mol. The molecule has 0 saturated heterocycles. The van der Waals surface area contributed by atoms with Crippen LogP contribution in [0.3, 0.4) is 0 Å². The standard InChI is InChI=1S/C30H36O12/c1-13(2)22(34)25(16(7)31)40-28(37)19-10-11-20(29(38)41-26(17(8)32)23(35)14(3)4)21(12-19)30(39)42-27(18(9)33)24(36)15(5)6/h10-12,16-18,25-27,31-33H,1,3,5H2,2,4,6-9H3. The molecule has 0 heterocycles. The summed E-state index contributed by atoms with van der Waals surface area (Å²) in [6, 6.07) is 2.83. The van der Waals surface area contributed by atoms with Gasteiger partial charge in [0.05, 0.1) is 35.0 Å². The van der Waals surface area contributed by atoms with E-state index in [0.717, 1.165) is 18.2 Å². The van der Waals surface area contributed by atoms with Gasteiger partial charge in [-0.05, 0) is 76.5 Å². The van der Waals surface area contributed by atoms with Crippen LogP contribution < -0.4 is 0 Å². The number of carbonyl (C=O) groups is 6. The zero-order valence-corrected chi connectivity index (χ0v) is 24.3. The van der Waals surface area contributed by atoms with E-state index in [-0.39, 0.29) is 22.3 Å². The van der Waals surface area contributed by atoms with Gasteiger partial charge in [-0.25, -0.2) is 14.4 Å². The Labute approximate surface area is 243 Å². The molecule has 6 atom stereocenters. The maximum atomic E-state index is 13.3. The van der Waals surface area contributed by atoms with Crippen molar-refractivity contribution in [2.75, 3.05) is 0 Å². The predicted octanol–water partition coefficient (Wildman–Crippen LogP) is 1.84. The average molecular weight is 589 g/mol. The first-order valence-corrected chi connectivity index (χ1v) is 12.7. The zero-order valence-electron chi connectivity index (χ0n) is 24.3. The van der Waals surface area contributed by atoms with Gasteiger partial charge in [-0.15, -0.1) is 0 Å². The second kappa shape index (κ2) is 15.1. The van der Waals surface area contributed by atoms with Crippen LogP contribution in [-0.4, -0.2) is 87.2 Å². The third kappa shape index (κ3) is 9.13. The monoisotopic (exact) mass is 588 g/mol. The highest BCUT2D eigenvalue weighted by Gasteiger charge is 2.34. The van der Waals surface area contributed by atoms with Crippen molar-refractivity contribution in [2.45, 2.75) is 78.2 Å². The minimum Gasteiger partial charge on any atom is -0.448 e. The van der Waals surface area contributed by atoms with Gasteiger partial charge < -0.3 is 29.5 Å². The fraction of sp³-hybridized carbons (Fsp3) is 0.400. The number of hydrogen-bond acceptors (Lipinski definition) is 12. The van der Waals surface area contributed by atoms with E-state index in [1.54, 1.807) is 0 Å². The van der Waals surface area contributed by atoms with Crippen molar-refractivity contribution < 1.29 is 58.3 Å². The van der Waals surface area contributed by atoms with Crippen molar-refractivity contribution in [1.82, 2.24) is 0 Å². The zero-order chi connectivity index (χ0) is 32.6. The van der Waals surface area contributed by atoms with Crippen molar-refractivity contribution in [1.29, 1.82) is 0 Å². The number of ketones is 3. The molecular formula is C30H36O12. The Hall–Kier alpha value is -4.26. The average Bonchev–Trinajstić information content (AvgIpc) is 2.90. The Morgan fingerprint density at radius 2 is 0.881 bits per heavy atom. The van der Waals surface area contributed by atoms with Gasteiger partial charge in [0.15, 0.2) is 18.3 Å². The van der Waals surface area contributed by atoms with Gasteiger partial charge in [0, 0.05) is 0 Å². The highest BCUT2D eigenvalue weighted by atomic mass is 16.6. The molecule has 0 aliphatic carbocycles. The number of benzene rings is 1. The summed E-state index contributed by atoms with van der Waals surface area (Å²) in [5.41, 5.74) is -1.66. The molecule has 0 radical (unpaired) electrons. The van der Waals surface area contributed by atoms with Gasteiger partial charge in [0.25, 0.3) is 0 Å². The normalized spacial score (nSPS) is 15.1. The number of aliphatic hydroxyl groups is 3. The van der Waals surface area contributed by atoms with Gasteiger partial charge >= 0.3 is 17.9 Å². The molecule has 12 heteroatoms. The lowest BCUT2D eigenvalue weighted by molar-refractivity contribution is -0.129. The summed E-state index contributed by atoms with van der Waals surface area (Å²) >= 11 is 0. The molecule has 0 aromatic heterocycles. The quantitative estimate of drug-likeness (QED) is 0.153. The van der Waals surface area contributed by atoms with Crippen molar-refractivity contribution >= 4 is 35.3 Å². The maximum Gasteiger partial charge on any atom is 0.339 e. The fourth-order valence-corrected chi connectivity index (χ4v) is 3.40. The molecule has 42 heavy (non-hydrogen) atoms. The lowest BCUT2D eigenvalue weighted by Crippen LogP contribution is -2.39. The summed E-state index contributed by atoms with van der Waals surface area (Å²) in [5, 5.41) is 30.0. The predicted molar refractivity (Wildman–Crippen MR) is 149 cm³/mol. The van der Waals surface area contributed by atoms with Crippen LogP contribution in [-0.2, 0) is 28.6 Å². The number of hydrogen-bond donors (Lipinski definition) is 3. The van der Waals surface area contributed by atoms with E-state index in [1.165, 1.54) is 41.5 Å². The summed E-state index contributed by atoms with van der Waals surface area (Å²) in [7, 11) is 0. The number of esters is 3. The molecule has 3 N–H and O–H groups in total. The summed E-state index contributed by atoms with van der Waals surface area (Å²) in [4.78, 5) is 76.6. The molecule has 1 aromatic carbocycles. The van der Waals surface area contributed by atoms with E-state index >= 15 is 0 Å². The Balaban J connectivity index is 3.66. The highest BCUT2D eigenvalue weighted by Crippen LogP contribution is 2.21. The minimum atomic E-state index is -1.74. The lowest BCUT2D eigenvalue weighted by Gasteiger charge is -2.22. The van der Waals surface area contributed by atoms with Crippen LogP contribution in [0.5, 0.6) is 0 Å². The molecule has 0 spiro atoms. The first-order valence-electron chi connectivity index (χ1n) is 12.7. The Bertz CT molecular complexity index is 1300. The largest absolute Gasteiger partial charge is 0.448 e. The van der Waals surface area contributed by atoms with E-state index in [2.05, 4.69) is 19.7 Å². The molecule has 228 valence electrons. The SMILES string of the molecule is C=C(C)C(=O)C(OC(=O)c1ccc(C(=O)OC(C(=O)C(=C)C)C(C)O)c(C(=O)OC(C(=O)C(=C)C)C(C)O)c1)C(C)O. The third-order valence-corrected chi connectivity index (χ3v) is 5.75. The molecule has 0 aliphatic heterocycles. The van der Waals surface area contributed by atoms with Crippen LogP contribution >= 0.6 is 0 Å². The van der Waals surface area contributed by atoms with Crippen molar-refractivity contribution in [3.63, 3.8) is 0 Å². The molecule has 0 aliphatic rings. The number of ether oxygens (including phenoxy) is 3. The summed E-state index contributed by atoms with van der Waals surface area (Å²) in [6.45, 7) is 18.0. The van der Waals surface area contributed by atoms with Crippen LogP contribution in [0.1, 0.15) is 72.6 Å². The second-order valence-corrected chi connectivity index (χ2v) is 9.89. The third-order valence-electron chi connectivity index (χ3n) is 5.75. The van der Waals surface area contributed by atoms with E-state index in [4.69, 9.17) is 14.2 Å². The van der Waals surface area contributed by atoms with Gasteiger partial charge in [-0.2, -0.15) is 0 Å². The molecule has 1 aromatic rings. The van der Waals surface area contributed by atoms with Gasteiger partial charge in [0.2, 0.25) is 17.3 Å². The van der Waals surface area contributed by atoms with Crippen molar-refractivity contribution in [2.24, 2.45) is 0 Å². The van der Waals surface area contributed by atoms with E-state index < -0.39 is 83.0 Å². The fourth-order valence-electron chi connectivity index (χ4n) is 3.40. The number of rotatable bonds is 15. The molecule has 0 saturated carbocycles. The first kappa shape index (κ1) is 35.8. The number of aliphatic hydroxyl groups excluding tert-OH is 3.